The molecule has 0 aliphatic carbocycles. The molecule has 3 rings (SSSR count). The third-order valence-corrected chi connectivity index (χ3v) is 8.53. The van der Waals surface area contributed by atoms with Crippen molar-refractivity contribution in [1.29, 1.82) is 0 Å². The number of halogens is 2. The standard InChI is InChI=1S/C29H33ClFN3O4S/c1-5-21(3)32-29(36)22(4)33(18-23-11-9-10-14-26(23)31)28(35)19-34(27-17-24(30)16-15-20(27)2)39(37,38)25-12-7-6-8-13-25/h6-17,21-22H,5,18-19H2,1-4H3,(H,32,36). The van der Waals surface area contributed by atoms with E-state index in [-0.39, 0.29) is 28.7 Å². The van der Waals surface area contributed by atoms with Crippen molar-refractivity contribution in [3.05, 3.63) is 94.8 Å². The number of hydrogen-bond acceptors (Lipinski definition) is 4. The molecule has 0 radical (unpaired) electrons. The van der Waals surface area contributed by atoms with E-state index in [9.17, 15) is 22.4 Å². The van der Waals surface area contributed by atoms with Crippen molar-refractivity contribution < 1.29 is 22.4 Å². The van der Waals surface area contributed by atoms with Crippen LogP contribution in [0.25, 0.3) is 0 Å². The Balaban J connectivity index is 2.07. The number of carbonyl (C=O) groups excluding carboxylic acids is 2. The van der Waals surface area contributed by atoms with Gasteiger partial charge in [0.1, 0.15) is 18.4 Å². The summed E-state index contributed by atoms with van der Waals surface area (Å²) in [6, 6.07) is 17.3. The molecule has 0 heterocycles. The topological polar surface area (TPSA) is 86.8 Å². The fourth-order valence-electron chi connectivity index (χ4n) is 3.94. The molecule has 10 heteroatoms. The van der Waals surface area contributed by atoms with Crippen LogP contribution in [0.15, 0.2) is 77.7 Å². The van der Waals surface area contributed by atoms with Crippen molar-refractivity contribution in [3.63, 3.8) is 0 Å². The van der Waals surface area contributed by atoms with Crippen LogP contribution in [0.1, 0.15) is 38.3 Å². The molecule has 2 amide bonds. The van der Waals surface area contributed by atoms with Gasteiger partial charge in [-0.25, -0.2) is 12.8 Å². The van der Waals surface area contributed by atoms with Gasteiger partial charge in [-0.2, -0.15) is 0 Å². The molecular weight excluding hydrogens is 541 g/mol. The molecule has 0 aliphatic heterocycles. The van der Waals surface area contributed by atoms with Crippen molar-refractivity contribution >= 4 is 39.1 Å². The number of sulfonamides is 1. The summed E-state index contributed by atoms with van der Waals surface area (Å²) >= 11 is 6.22. The third-order valence-electron chi connectivity index (χ3n) is 6.52. The maximum Gasteiger partial charge on any atom is 0.264 e. The van der Waals surface area contributed by atoms with Crippen molar-refractivity contribution in [1.82, 2.24) is 10.2 Å². The maximum atomic E-state index is 14.6. The third kappa shape index (κ3) is 7.36. The number of aryl methyl sites for hydroxylation is 1. The van der Waals surface area contributed by atoms with E-state index in [1.54, 1.807) is 43.3 Å². The van der Waals surface area contributed by atoms with E-state index in [2.05, 4.69) is 5.32 Å². The highest BCUT2D eigenvalue weighted by molar-refractivity contribution is 7.92. The number of amides is 2. The number of carbonyl (C=O) groups is 2. The summed E-state index contributed by atoms with van der Waals surface area (Å²) in [7, 11) is -4.22. The van der Waals surface area contributed by atoms with Crippen molar-refractivity contribution in [3.8, 4) is 0 Å². The summed E-state index contributed by atoms with van der Waals surface area (Å²) in [5.41, 5.74) is 1.00. The van der Waals surface area contributed by atoms with Crippen LogP contribution in [-0.2, 0) is 26.2 Å². The molecule has 208 valence electrons. The van der Waals surface area contributed by atoms with E-state index < -0.39 is 40.2 Å². The lowest BCUT2D eigenvalue weighted by Crippen LogP contribution is -2.52. The molecule has 2 atom stereocenters. The zero-order valence-electron chi connectivity index (χ0n) is 22.4. The summed E-state index contributed by atoms with van der Waals surface area (Å²) in [6.45, 7) is 6.14. The second-order valence-electron chi connectivity index (χ2n) is 9.36. The van der Waals surface area contributed by atoms with E-state index in [1.807, 2.05) is 13.8 Å². The Kier molecular flexibility index (Phi) is 10.1. The van der Waals surface area contributed by atoms with Gasteiger partial charge < -0.3 is 10.2 Å². The van der Waals surface area contributed by atoms with Crippen molar-refractivity contribution in [2.45, 2.75) is 57.6 Å². The molecule has 0 fully saturated rings. The van der Waals surface area contributed by atoms with Gasteiger partial charge in [-0.1, -0.05) is 61.0 Å². The van der Waals surface area contributed by atoms with E-state index in [0.29, 0.717) is 17.0 Å². The summed E-state index contributed by atoms with van der Waals surface area (Å²) < 4.78 is 43.3. The molecule has 7 nitrogen and oxygen atoms in total. The predicted octanol–water partition coefficient (Wildman–Crippen LogP) is 5.31. The number of nitrogens with one attached hydrogen (secondary N) is 1. The Morgan fingerprint density at radius 1 is 1.00 bits per heavy atom. The quantitative estimate of drug-likeness (QED) is 0.337. The number of rotatable bonds is 11. The molecule has 0 spiro atoms. The Bertz CT molecular complexity index is 1420. The summed E-state index contributed by atoms with van der Waals surface area (Å²) in [5, 5.41) is 3.14. The lowest BCUT2D eigenvalue weighted by Gasteiger charge is -2.33. The Hall–Kier alpha value is -3.43. The van der Waals surface area contributed by atoms with Crippen LogP contribution < -0.4 is 9.62 Å². The van der Waals surface area contributed by atoms with Crippen LogP contribution in [0.4, 0.5) is 10.1 Å². The fourth-order valence-corrected chi connectivity index (χ4v) is 5.60. The maximum absolute atomic E-state index is 14.6. The average Bonchev–Trinajstić information content (AvgIpc) is 2.92. The fraction of sp³-hybridized carbons (Fsp3) is 0.310. The monoisotopic (exact) mass is 573 g/mol. The minimum Gasteiger partial charge on any atom is -0.352 e. The van der Waals surface area contributed by atoms with Crippen LogP contribution in [0.5, 0.6) is 0 Å². The minimum absolute atomic E-state index is 0.0135. The first-order chi connectivity index (χ1) is 18.4. The molecule has 0 saturated carbocycles. The first kappa shape index (κ1) is 30.1. The Labute approximate surface area is 234 Å². The van der Waals surface area contributed by atoms with Crippen molar-refractivity contribution in [2.24, 2.45) is 0 Å². The predicted molar refractivity (Wildman–Crippen MR) is 151 cm³/mol. The average molecular weight is 574 g/mol. The molecule has 3 aromatic carbocycles. The molecule has 0 aromatic heterocycles. The number of hydrogen-bond donors (Lipinski definition) is 1. The molecule has 0 saturated heterocycles. The Morgan fingerprint density at radius 2 is 1.64 bits per heavy atom. The molecule has 3 aromatic rings. The summed E-state index contributed by atoms with van der Waals surface area (Å²) in [4.78, 5) is 28.1. The van der Waals surface area contributed by atoms with Crippen LogP contribution in [0.3, 0.4) is 0 Å². The Morgan fingerprint density at radius 3 is 2.28 bits per heavy atom. The van der Waals surface area contributed by atoms with E-state index in [1.165, 1.54) is 48.2 Å². The lowest BCUT2D eigenvalue weighted by atomic mass is 10.1. The molecule has 39 heavy (non-hydrogen) atoms. The van der Waals surface area contributed by atoms with Gasteiger partial charge in [0.05, 0.1) is 10.6 Å². The van der Waals surface area contributed by atoms with Gasteiger partial charge >= 0.3 is 0 Å². The number of benzene rings is 3. The molecule has 0 bridgehead atoms. The van der Waals surface area contributed by atoms with Crippen LogP contribution in [0, 0.1) is 12.7 Å². The van der Waals surface area contributed by atoms with E-state index >= 15 is 0 Å². The zero-order chi connectivity index (χ0) is 28.7. The SMILES string of the molecule is CCC(C)NC(=O)C(C)N(Cc1ccccc1F)C(=O)CN(c1cc(Cl)ccc1C)S(=O)(=O)c1ccccc1. The van der Waals surface area contributed by atoms with Gasteiger partial charge in [-0.05, 0) is 63.1 Å². The van der Waals surface area contributed by atoms with E-state index in [4.69, 9.17) is 11.6 Å². The highest BCUT2D eigenvalue weighted by Gasteiger charge is 2.33. The number of anilines is 1. The molecule has 1 N–H and O–H groups in total. The van der Waals surface area contributed by atoms with Gasteiger partial charge in [0, 0.05) is 23.2 Å². The normalized spacial score (nSPS) is 12.9. The van der Waals surface area contributed by atoms with E-state index in [0.717, 1.165) is 4.31 Å². The smallest absolute Gasteiger partial charge is 0.264 e. The first-order valence-electron chi connectivity index (χ1n) is 12.6. The summed E-state index contributed by atoms with van der Waals surface area (Å²) in [5.74, 6) is -1.64. The highest BCUT2D eigenvalue weighted by atomic mass is 35.5. The van der Waals surface area contributed by atoms with Crippen LogP contribution in [-0.4, -0.2) is 43.8 Å². The first-order valence-corrected chi connectivity index (χ1v) is 14.4. The van der Waals surface area contributed by atoms with Gasteiger partial charge in [0.15, 0.2) is 0 Å². The summed E-state index contributed by atoms with van der Waals surface area (Å²) in [6.07, 6.45) is 0.677. The van der Waals surface area contributed by atoms with Gasteiger partial charge in [-0.3, -0.25) is 13.9 Å². The molecular formula is C29H33ClFN3O4S. The number of nitrogens with zero attached hydrogens (tertiary/aromatic N) is 2. The van der Waals surface area contributed by atoms with Gasteiger partial charge in [0.25, 0.3) is 10.0 Å². The lowest BCUT2D eigenvalue weighted by molar-refractivity contribution is -0.139. The molecule has 0 aliphatic rings. The second-order valence-corrected chi connectivity index (χ2v) is 11.7. The largest absolute Gasteiger partial charge is 0.352 e. The highest BCUT2D eigenvalue weighted by Crippen LogP contribution is 2.30. The zero-order valence-corrected chi connectivity index (χ0v) is 24.0. The van der Waals surface area contributed by atoms with Crippen LogP contribution in [0.2, 0.25) is 5.02 Å². The van der Waals surface area contributed by atoms with Crippen LogP contribution >= 0.6 is 11.6 Å². The van der Waals surface area contributed by atoms with Crippen molar-refractivity contribution in [2.75, 3.05) is 10.8 Å². The second kappa shape index (κ2) is 13.1. The molecule has 2 unspecified atom stereocenters. The van der Waals surface area contributed by atoms with Gasteiger partial charge in [0.2, 0.25) is 11.8 Å². The van der Waals surface area contributed by atoms with Gasteiger partial charge in [-0.15, -0.1) is 0 Å². The minimum atomic E-state index is -4.22.